The lowest BCUT2D eigenvalue weighted by Crippen LogP contribution is -2.49. The molecule has 0 amide bonds. The Morgan fingerprint density at radius 3 is 2.39 bits per heavy atom. The average Bonchev–Trinajstić information content (AvgIpc) is 3.21. The minimum Gasteiger partial charge on any atom is -0.497 e. The molecule has 1 aliphatic rings. The summed E-state index contributed by atoms with van der Waals surface area (Å²) in [6.45, 7) is 5.33. The molecule has 0 spiro atoms. The van der Waals surface area contributed by atoms with E-state index in [1.807, 2.05) is 61.5 Å². The van der Waals surface area contributed by atoms with Crippen LogP contribution in [0.1, 0.15) is 27.7 Å². The number of piperazine rings is 1. The molecule has 1 aliphatic heterocycles. The zero-order valence-corrected chi connectivity index (χ0v) is 19.1. The number of benzene rings is 3. The summed E-state index contributed by atoms with van der Waals surface area (Å²) in [4.78, 5) is 22.2. The van der Waals surface area contributed by atoms with E-state index in [9.17, 15) is 4.79 Å². The van der Waals surface area contributed by atoms with Crippen molar-refractivity contribution in [2.45, 2.75) is 13.0 Å². The number of hydrogen-bond donors (Lipinski definition) is 1. The van der Waals surface area contributed by atoms with Crippen LogP contribution >= 0.6 is 0 Å². The Morgan fingerprint density at radius 2 is 1.64 bits per heavy atom. The monoisotopic (exact) mass is 439 g/mol. The van der Waals surface area contributed by atoms with Crippen molar-refractivity contribution >= 4 is 22.4 Å². The quantitative estimate of drug-likeness (QED) is 0.418. The van der Waals surface area contributed by atoms with Gasteiger partial charge in [0.15, 0.2) is 5.78 Å². The zero-order chi connectivity index (χ0) is 22.8. The number of ether oxygens (including phenoxy) is 1. The Morgan fingerprint density at radius 1 is 0.909 bits per heavy atom. The molecule has 168 valence electrons. The SMILES string of the molecule is COc1cccc(N2CCN(C(C(=O)c3c(C)[nH]c4ccccc34)c3ccccc3)CC2)c1. The Hall–Kier alpha value is -3.57. The minimum absolute atomic E-state index is 0.158. The molecule has 0 bridgehead atoms. The standard InChI is InChI=1S/C28H29N3O2/c1-20-26(24-13-6-7-14-25(24)29-20)28(32)27(21-9-4-3-5-10-21)31-17-15-30(16-18-31)22-11-8-12-23(19-22)33-2/h3-14,19,27,29H,15-18H2,1-2H3. The van der Waals surface area contributed by atoms with Crippen molar-refractivity contribution in [3.8, 4) is 5.75 Å². The number of ketones is 1. The second-order valence-electron chi connectivity index (χ2n) is 8.57. The first-order valence-corrected chi connectivity index (χ1v) is 11.4. The number of carbonyl (C=O) groups is 1. The van der Waals surface area contributed by atoms with Crippen LogP contribution in [0.15, 0.2) is 78.9 Å². The Labute approximate surface area is 194 Å². The van der Waals surface area contributed by atoms with Gasteiger partial charge in [0.1, 0.15) is 5.75 Å². The van der Waals surface area contributed by atoms with Gasteiger partial charge in [0.05, 0.1) is 13.2 Å². The van der Waals surface area contributed by atoms with Gasteiger partial charge in [0.25, 0.3) is 0 Å². The number of anilines is 1. The second kappa shape index (κ2) is 9.12. The summed E-state index contributed by atoms with van der Waals surface area (Å²) in [5.41, 5.74) is 4.94. The van der Waals surface area contributed by atoms with E-state index in [1.54, 1.807) is 7.11 Å². The molecule has 1 saturated heterocycles. The number of rotatable bonds is 6. The van der Waals surface area contributed by atoms with E-state index in [-0.39, 0.29) is 11.8 Å². The summed E-state index contributed by atoms with van der Waals surface area (Å²) in [6.07, 6.45) is 0. The first-order valence-electron chi connectivity index (χ1n) is 11.4. The van der Waals surface area contributed by atoms with Gasteiger partial charge in [-0.2, -0.15) is 0 Å². The average molecular weight is 440 g/mol. The van der Waals surface area contributed by atoms with Crippen molar-refractivity contribution in [2.75, 3.05) is 38.2 Å². The number of carbonyl (C=O) groups excluding carboxylic acids is 1. The van der Waals surface area contributed by atoms with Gasteiger partial charge in [-0.05, 0) is 30.7 Å². The van der Waals surface area contributed by atoms with Crippen LogP contribution < -0.4 is 9.64 Å². The third-order valence-corrected chi connectivity index (χ3v) is 6.60. The molecule has 1 atom stereocenters. The van der Waals surface area contributed by atoms with E-state index >= 15 is 0 Å². The van der Waals surface area contributed by atoms with E-state index in [0.717, 1.165) is 65.3 Å². The molecule has 0 aliphatic carbocycles. The molecule has 1 fully saturated rings. The highest BCUT2D eigenvalue weighted by Gasteiger charge is 2.33. The van der Waals surface area contributed by atoms with Crippen LogP contribution in [0.25, 0.3) is 10.9 Å². The Balaban J connectivity index is 1.44. The highest BCUT2D eigenvalue weighted by atomic mass is 16.5. The molecule has 5 heteroatoms. The van der Waals surface area contributed by atoms with E-state index in [0.29, 0.717) is 0 Å². The first kappa shape index (κ1) is 21.3. The van der Waals surface area contributed by atoms with Crippen LogP contribution in [0.3, 0.4) is 0 Å². The lowest BCUT2D eigenvalue weighted by Gasteiger charge is -2.40. The lowest BCUT2D eigenvalue weighted by atomic mass is 9.93. The number of H-pyrrole nitrogens is 1. The highest BCUT2D eigenvalue weighted by molar-refractivity contribution is 6.11. The smallest absolute Gasteiger partial charge is 0.186 e. The summed E-state index contributed by atoms with van der Waals surface area (Å²) in [6, 6.07) is 26.1. The molecule has 33 heavy (non-hydrogen) atoms. The van der Waals surface area contributed by atoms with Crippen molar-refractivity contribution in [3.63, 3.8) is 0 Å². The lowest BCUT2D eigenvalue weighted by molar-refractivity contribution is 0.0807. The molecule has 2 heterocycles. The van der Waals surface area contributed by atoms with Crippen LogP contribution in [0.4, 0.5) is 5.69 Å². The largest absolute Gasteiger partial charge is 0.497 e. The van der Waals surface area contributed by atoms with E-state index in [1.165, 1.54) is 0 Å². The maximum absolute atomic E-state index is 14.1. The molecule has 3 aromatic carbocycles. The summed E-state index contributed by atoms with van der Waals surface area (Å²) in [7, 11) is 1.69. The second-order valence-corrected chi connectivity index (χ2v) is 8.57. The third kappa shape index (κ3) is 4.12. The van der Waals surface area contributed by atoms with Gasteiger partial charge >= 0.3 is 0 Å². The van der Waals surface area contributed by atoms with E-state index in [4.69, 9.17) is 4.74 Å². The first-order chi connectivity index (χ1) is 16.2. The van der Waals surface area contributed by atoms with E-state index < -0.39 is 0 Å². The molecule has 0 saturated carbocycles. The highest BCUT2D eigenvalue weighted by Crippen LogP contribution is 2.32. The van der Waals surface area contributed by atoms with Crippen molar-refractivity contribution in [3.05, 3.63) is 95.7 Å². The number of hydrogen-bond acceptors (Lipinski definition) is 4. The number of Topliss-reactive ketones (excluding diaryl/α,β-unsaturated/α-hetero) is 1. The number of nitrogens with one attached hydrogen (secondary N) is 1. The van der Waals surface area contributed by atoms with Crippen LogP contribution in [0.2, 0.25) is 0 Å². The van der Waals surface area contributed by atoms with Gasteiger partial charge < -0.3 is 14.6 Å². The fraction of sp³-hybridized carbons (Fsp3) is 0.250. The van der Waals surface area contributed by atoms with Crippen molar-refractivity contribution in [1.29, 1.82) is 0 Å². The maximum Gasteiger partial charge on any atom is 0.186 e. The third-order valence-electron chi connectivity index (χ3n) is 6.60. The summed E-state index contributed by atoms with van der Waals surface area (Å²) in [5, 5.41) is 0.996. The molecule has 5 rings (SSSR count). The van der Waals surface area contributed by atoms with Gasteiger partial charge in [0.2, 0.25) is 0 Å². The van der Waals surface area contributed by atoms with Crippen LogP contribution in [-0.4, -0.2) is 49.0 Å². The number of fused-ring (bicyclic) bond motifs is 1. The number of aromatic amines is 1. The van der Waals surface area contributed by atoms with Crippen LogP contribution in [0.5, 0.6) is 5.75 Å². The number of aromatic nitrogens is 1. The molecule has 0 radical (unpaired) electrons. The van der Waals surface area contributed by atoms with Crippen LogP contribution in [0, 0.1) is 6.92 Å². The molecule has 1 unspecified atom stereocenters. The van der Waals surface area contributed by atoms with Crippen LogP contribution in [-0.2, 0) is 0 Å². The van der Waals surface area contributed by atoms with Gasteiger partial charge in [0, 0.05) is 60.1 Å². The fourth-order valence-electron chi connectivity index (χ4n) is 4.94. The summed E-state index contributed by atoms with van der Waals surface area (Å²) in [5.74, 6) is 1.02. The van der Waals surface area contributed by atoms with Gasteiger partial charge in [-0.25, -0.2) is 0 Å². The summed E-state index contributed by atoms with van der Waals surface area (Å²) < 4.78 is 5.40. The predicted octanol–water partition coefficient (Wildman–Crippen LogP) is 5.23. The zero-order valence-electron chi connectivity index (χ0n) is 19.1. The van der Waals surface area contributed by atoms with Crippen molar-refractivity contribution in [1.82, 2.24) is 9.88 Å². The Kier molecular flexibility index (Phi) is 5.88. The van der Waals surface area contributed by atoms with Crippen molar-refractivity contribution in [2.24, 2.45) is 0 Å². The number of aryl methyl sites for hydroxylation is 1. The topological polar surface area (TPSA) is 48.6 Å². The molecule has 1 N–H and O–H groups in total. The molecular formula is C28H29N3O2. The van der Waals surface area contributed by atoms with Crippen molar-refractivity contribution < 1.29 is 9.53 Å². The van der Waals surface area contributed by atoms with E-state index in [2.05, 4.69) is 39.0 Å². The summed E-state index contributed by atoms with van der Waals surface area (Å²) >= 11 is 0. The molecule has 5 nitrogen and oxygen atoms in total. The number of para-hydroxylation sites is 1. The predicted molar refractivity (Wildman–Crippen MR) is 133 cm³/mol. The number of methoxy groups -OCH3 is 1. The molecule has 1 aromatic heterocycles. The van der Waals surface area contributed by atoms with Gasteiger partial charge in [-0.15, -0.1) is 0 Å². The van der Waals surface area contributed by atoms with Gasteiger partial charge in [-0.3, -0.25) is 9.69 Å². The normalized spacial score (nSPS) is 15.5. The molecule has 4 aromatic rings. The Bertz CT molecular complexity index is 1260. The van der Waals surface area contributed by atoms with Gasteiger partial charge in [-0.1, -0.05) is 54.6 Å². The minimum atomic E-state index is -0.309. The number of nitrogens with zero attached hydrogens (tertiary/aromatic N) is 2. The molecular weight excluding hydrogens is 410 g/mol. The maximum atomic E-state index is 14.1. The fourth-order valence-corrected chi connectivity index (χ4v) is 4.94.